The summed E-state index contributed by atoms with van der Waals surface area (Å²) in [5.41, 5.74) is 0.934. The van der Waals surface area contributed by atoms with Crippen molar-refractivity contribution < 1.29 is 4.79 Å². The largest absolute Gasteiger partial charge is 0.331 e. The van der Waals surface area contributed by atoms with Crippen molar-refractivity contribution in [2.24, 2.45) is 0 Å². The second-order valence-corrected chi connectivity index (χ2v) is 7.35. The topological polar surface area (TPSA) is 95.1 Å². The Morgan fingerprint density at radius 2 is 1.59 bits per heavy atom. The minimum Gasteiger partial charge on any atom is -0.325 e. The lowest BCUT2D eigenvalue weighted by molar-refractivity contribution is -0.116. The van der Waals surface area contributed by atoms with Gasteiger partial charge in [0.15, 0.2) is 0 Å². The van der Waals surface area contributed by atoms with Gasteiger partial charge in [-0.3, -0.25) is 23.5 Å². The molecule has 0 aliphatic carbocycles. The molecule has 2 aromatic carbocycles. The average Bonchev–Trinajstić information content (AvgIpc) is 2.80. The molecular weight excluding hydrogens is 408 g/mol. The highest BCUT2D eigenvalue weighted by Crippen LogP contribution is 2.12. The van der Waals surface area contributed by atoms with Gasteiger partial charge in [0.1, 0.15) is 6.54 Å². The normalized spacial score (nSPS) is 10.9. The van der Waals surface area contributed by atoms with Crippen molar-refractivity contribution in [2.75, 3.05) is 5.32 Å². The number of hydrogen-bond acceptors (Lipinski definition) is 4. The molecular formula is C24H22N4O4. The Kier molecular flexibility index (Phi) is 5.85. The number of fused-ring (bicyclic) bond motifs is 1. The summed E-state index contributed by atoms with van der Waals surface area (Å²) >= 11 is 0. The molecule has 32 heavy (non-hydrogen) atoms. The molecule has 0 unspecified atom stereocenters. The fraction of sp³-hybridized carbons (Fsp3) is 0.167. The van der Waals surface area contributed by atoms with Crippen molar-refractivity contribution in [2.45, 2.75) is 26.6 Å². The van der Waals surface area contributed by atoms with Gasteiger partial charge in [-0.25, -0.2) is 4.79 Å². The number of carbonyl (C=O) groups is 1. The van der Waals surface area contributed by atoms with Crippen molar-refractivity contribution in [1.29, 1.82) is 0 Å². The maximum atomic E-state index is 12.8. The third-order valence-electron chi connectivity index (χ3n) is 5.24. The van der Waals surface area contributed by atoms with Crippen LogP contribution in [0.15, 0.2) is 87.3 Å². The Hall–Kier alpha value is -4.20. The third-order valence-corrected chi connectivity index (χ3v) is 5.24. The molecule has 0 spiro atoms. The van der Waals surface area contributed by atoms with Crippen LogP contribution in [0.1, 0.15) is 12.5 Å². The van der Waals surface area contributed by atoms with Gasteiger partial charge in [-0.1, -0.05) is 30.3 Å². The maximum absolute atomic E-state index is 12.8. The molecule has 0 radical (unpaired) electrons. The van der Waals surface area contributed by atoms with E-state index in [0.717, 1.165) is 10.1 Å². The van der Waals surface area contributed by atoms with Crippen LogP contribution in [0.25, 0.3) is 10.9 Å². The predicted octanol–water partition coefficient (Wildman–Crippen LogP) is 2.03. The van der Waals surface area contributed by atoms with Crippen molar-refractivity contribution in [3.05, 3.63) is 110 Å². The summed E-state index contributed by atoms with van der Waals surface area (Å²) in [7, 11) is 0. The Morgan fingerprint density at radius 1 is 0.875 bits per heavy atom. The second kappa shape index (κ2) is 8.89. The molecule has 8 heteroatoms. The molecule has 0 saturated carbocycles. The molecule has 2 aromatic heterocycles. The van der Waals surface area contributed by atoms with E-state index in [0.29, 0.717) is 23.1 Å². The first-order valence-corrected chi connectivity index (χ1v) is 10.2. The van der Waals surface area contributed by atoms with Crippen LogP contribution in [0, 0.1) is 0 Å². The van der Waals surface area contributed by atoms with E-state index in [1.165, 1.54) is 10.6 Å². The van der Waals surface area contributed by atoms with Crippen LogP contribution in [0.3, 0.4) is 0 Å². The quantitative estimate of drug-likeness (QED) is 0.506. The average molecular weight is 430 g/mol. The first-order chi connectivity index (χ1) is 15.5. The number of anilines is 1. The van der Waals surface area contributed by atoms with Crippen molar-refractivity contribution >= 4 is 22.5 Å². The summed E-state index contributed by atoms with van der Waals surface area (Å²) in [4.78, 5) is 49.8. The monoisotopic (exact) mass is 430 g/mol. The highest BCUT2D eigenvalue weighted by molar-refractivity contribution is 5.91. The first-order valence-electron chi connectivity index (χ1n) is 10.2. The van der Waals surface area contributed by atoms with Gasteiger partial charge in [-0.05, 0) is 42.8 Å². The molecule has 1 amide bonds. The zero-order valence-electron chi connectivity index (χ0n) is 17.5. The minimum atomic E-state index is -0.519. The van der Waals surface area contributed by atoms with Gasteiger partial charge in [-0.2, -0.15) is 0 Å². The van der Waals surface area contributed by atoms with Crippen LogP contribution in [0.2, 0.25) is 0 Å². The molecule has 1 N–H and O–H groups in total. The molecule has 8 nitrogen and oxygen atoms in total. The second-order valence-electron chi connectivity index (χ2n) is 7.35. The van der Waals surface area contributed by atoms with Crippen LogP contribution in [0.5, 0.6) is 0 Å². The van der Waals surface area contributed by atoms with Crippen LogP contribution in [-0.2, 0) is 24.4 Å². The van der Waals surface area contributed by atoms with Crippen LogP contribution < -0.4 is 22.1 Å². The van der Waals surface area contributed by atoms with E-state index in [9.17, 15) is 19.2 Å². The number of carbonyl (C=O) groups excluding carboxylic acids is 1. The number of benzene rings is 2. The Balaban J connectivity index is 1.54. The molecule has 0 aliphatic heterocycles. The fourth-order valence-electron chi connectivity index (χ4n) is 3.63. The Bertz CT molecular complexity index is 1460. The molecule has 2 heterocycles. The highest BCUT2D eigenvalue weighted by atomic mass is 16.2. The van der Waals surface area contributed by atoms with Gasteiger partial charge < -0.3 is 9.88 Å². The van der Waals surface area contributed by atoms with Gasteiger partial charge >= 0.3 is 5.69 Å². The van der Waals surface area contributed by atoms with Gasteiger partial charge in [0, 0.05) is 24.5 Å². The van der Waals surface area contributed by atoms with Crippen molar-refractivity contribution in [3.63, 3.8) is 0 Å². The SMILES string of the molecule is CCn1c(=O)c2ccccc2n(CC(=O)Nc2ccc(Cn3ccccc3=O)cc2)c1=O. The van der Waals surface area contributed by atoms with E-state index in [-0.39, 0.29) is 30.1 Å². The molecule has 0 atom stereocenters. The lowest BCUT2D eigenvalue weighted by Gasteiger charge is -2.13. The minimum absolute atomic E-state index is 0.0871. The molecule has 0 fully saturated rings. The number of nitrogens with zero attached hydrogens (tertiary/aromatic N) is 3. The number of rotatable bonds is 6. The van der Waals surface area contributed by atoms with E-state index < -0.39 is 5.69 Å². The number of para-hydroxylation sites is 1. The summed E-state index contributed by atoms with van der Waals surface area (Å²) < 4.78 is 4.02. The third kappa shape index (κ3) is 4.15. The summed E-state index contributed by atoms with van der Waals surface area (Å²) in [6.07, 6.45) is 1.72. The zero-order valence-corrected chi connectivity index (χ0v) is 17.5. The number of amides is 1. The Labute approximate surface area is 183 Å². The van der Waals surface area contributed by atoms with E-state index in [1.807, 2.05) is 12.1 Å². The summed E-state index contributed by atoms with van der Waals surface area (Å²) in [6, 6.07) is 18.9. The zero-order chi connectivity index (χ0) is 22.7. The number of nitrogens with one attached hydrogen (secondary N) is 1. The molecule has 4 aromatic rings. The summed E-state index contributed by atoms with van der Waals surface area (Å²) in [6.45, 7) is 2.14. The fourth-order valence-corrected chi connectivity index (χ4v) is 3.63. The molecule has 0 saturated heterocycles. The number of hydrogen-bond donors (Lipinski definition) is 1. The van der Waals surface area contributed by atoms with E-state index in [1.54, 1.807) is 66.2 Å². The lowest BCUT2D eigenvalue weighted by atomic mass is 10.2. The van der Waals surface area contributed by atoms with Crippen molar-refractivity contribution in [1.82, 2.24) is 13.7 Å². The smallest absolute Gasteiger partial charge is 0.325 e. The Morgan fingerprint density at radius 3 is 2.31 bits per heavy atom. The van der Waals surface area contributed by atoms with Crippen LogP contribution in [-0.4, -0.2) is 19.6 Å². The van der Waals surface area contributed by atoms with E-state index in [2.05, 4.69) is 5.32 Å². The van der Waals surface area contributed by atoms with Gasteiger partial charge in [0.25, 0.3) is 11.1 Å². The molecule has 4 rings (SSSR count). The summed E-state index contributed by atoms with van der Waals surface area (Å²) in [5, 5.41) is 3.17. The molecule has 0 bridgehead atoms. The van der Waals surface area contributed by atoms with Crippen LogP contribution >= 0.6 is 0 Å². The van der Waals surface area contributed by atoms with Gasteiger partial charge in [-0.15, -0.1) is 0 Å². The van der Waals surface area contributed by atoms with Crippen molar-refractivity contribution in [3.8, 4) is 0 Å². The van der Waals surface area contributed by atoms with E-state index >= 15 is 0 Å². The molecule has 162 valence electrons. The number of pyridine rings is 1. The number of aromatic nitrogens is 3. The lowest BCUT2D eigenvalue weighted by Crippen LogP contribution is -2.41. The first kappa shape index (κ1) is 21.0. The van der Waals surface area contributed by atoms with Gasteiger partial charge in [0.05, 0.1) is 17.4 Å². The highest BCUT2D eigenvalue weighted by Gasteiger charge is 2.14. The standard InChI is InChI=1S/C24H22N4O4/c1-2-27-23(31)19-7-3-4-8-20(19)28(24(27)32)16-21(29)25-18-12-10-17(11-13-18)15-26-14-6-5-9-22(26)30/h3-14H,2,15-16H2,1H3,(H,25,29). The van der Waals surface area contributed by atoms with Crippen LogP contribution in [0.4, 0.5) is 5.69 Å². The molecule has 0 aliphatic rings. The van der Waals surface area contributed by atoms with E-state index in [4.69, 9.17) is 0 Å². The summed E-state index contributed by atoms with van der Waals surface area (Å²) in [5.74, 6) is -0.384. The predicted molar refractivity (Wildman–Crippen MR) is 123 cm³/mol. The maximum Gasteiger partial charge on any atom is 0.331 e. The van der Waals surface area contributed by atoms with Gasteiger partial charge in [0.2, 0.25) is 5.91 Å².